The first-order valence-electron chi connectivity index (χ1n) is 7.25. The zero-order valence-electron chi connectivity index (χ0n) is 12.7. The lowest BCUT2D eigenvalue weighted by Gasteiger charge is -2.00. The van der Waals surface area contributed by atoms with Gasteiger partial charge in [-0.15, -0.1) is 0 Å². The second kappa shape index (κ2) is 6.90. The molecule has 0 heterocycles. The van der Waals surface area contributed by atoms with Crippen molar-refractivity contribution in [3.05, 3.63) is 60.7 Å². The zero-order valence-corrected chi connectivity index (χ0v) is 13.5. The Morgan fingerprint density at radius 3 is 1.36 bits per heavy atom. The third-order valence-corrected chi connectivity index (χ3v) is 5.05. The average molecular weight is 316 g/mol. The highest BCUT2D eigenvalue weighted by molar-refractivity contribution is 7.86. The highest BCUT2D eigenvalue weighted by Gasteiger charge is 2.13. The summed E-state index contributed by atoms with van der Waals surface area (Å²) < 4.78 is 28.5. The van der Waals surface area contributed by atoms with Crippen molar-refractivity contribution in [2.45, 2.75) is 25.5 Å². The fraction of sp³-hybridized carbons (Fsp3) is 0.222. The van der Waals surface area contributed by atoms with Crippen molar-refractivity contribution in [3.8, 4) is 0 Å². The maximum atomic E-state index is 10.1. The molecule has 3 nitrogen and oxygen atoms in total. The van der Waals surface area contributed by atoms with Crippen LogP contribution in [0.1, 0.15) is 20.3 Å². The van der Waals surface area contributed by atoms with E-state index in [1.165, 1.54) is 28.5 Å². The van der Waals surface area contributed by atoms with Gasteiger partial charge in [-0.2, -0.15) is 8.42 Å². The number of benzene rings is 3. The SMILES string of the molecule is CCC(C)S(=O)(=O)O.c1ccc2cc3ccccc3cc2c1. The molecule has 1 atom stereocenters. The van der Waals surface area contributed by atoms with Crippen LogP contribution in [0.4, 0.5) is 0 Å². The van der Waals surface area contributed by atoms with Crippen LogP contribution in [0.15, 0.2) is 60.7 Å². The van der Waals surface area contributed by atoms with Crippen molar-refractivity contribution < 1.29 is 13.0 Å². The van der Waals surface area contributed by atoms with Gasteiger partial charge >= 0.3 is 0 Å². The molecule has 0 spiro atoms. The second-order valence-electron chi connectivity index (χ2n) is 5.28. The molecule has 0 saturated heterocycles. The van der Waals surface area contributed by atoms with Gasteiger partial charge in [0.15, 0.2) is 0 Å². The van der Waals surface area contributed by atoms with Crippen molar-refractivity contribution in [2.24, 2.45) is 0 Å². The zero-order chi connectivity index (χ0) is 16.2. The van der Waals surface area contributed by atoms with Gasteiger partial charge in [0.25, 0.3) is 10.1 Å². The Balaban J connectivity index is 0.000000192. The standard InChI is InChI=1S/C14H10.C4H10O3S/c1-2-6-12-10-14-8-4-3-7-13(14)9-11(12)5-1;1-3-4(2)8(5,6)7/h1-10H;4H,3H2,1-2H3,(H,5,6,7). The summed E-state index contributed by atoms with van der Waals surface area (Å²) in [6.45, 7) is 3.17. The van der Waals surface area contributed by atoms with Crippen molar-refractivity contribution >= 4 is 31.7 Å². The lowest BCUT2D eigenvalue weighted by Crippen LogP contribution is -2.14. The van der Waals surface area contributed by atoms with Crippen LogP contribution in [0.25, 0.3) is 21.5 Å². The maximum Gasteiger partial charge on any atom is 0.267 e. The van der Waals surface area contributed by atoms with Crippen LogP contribution in [-0.4, -0.2) is 18.2 Å². The van der Waals surface area contributed by atoms with E-state index in [0.29, 0.717) is 6.42 Å². The molecule has 0 radical (unpaired) electrons. The first kappa shape index (κ1) is 16.5. The fourth-order valence-corrected chi connectivity index (χ4v) is 2.51. The smallest absolute Gasteiger partial charge is 0.267 e. The summed E-state index contributed by atoms with van der Waals surface area (Å²) in [5.41, 5.74) is 0. The van der Waals surface area contributed by atoms with Crippen LogP contribution in [0.2, 0.25) is 0 Å². The monoisotopic (exact) mass is 316 g/mol. The predicted octanol–water partition coefficient (Wildman–Crippen LogP) is 4.67. The summed E-state index contributed by atoms with van der Waals surface area (Å²) >= 11 is 0. The first-order chi connectivity index (χ1) is 10.4. The third kappa shape index (κ3) is 4.06. The van der Waals surface area contributed by atoms with E-state index in [9.17, 15) is 8.42 Å². The maximum absolute atomic E-state index is 10.1. The molecular weight excluding hydrogens is 296 g/mol. The molecule has 3 rings (SSSR count). The lowest BCUT2D eigenvalue weighted by molar-refractivity contribution is 0.468. The Bertz CT molecular complexity index is 765. The molecule has 3 aromatic carbocycles. The van der Waals surface area contributed by atoms with Gasteiger partial charge in [0.1, 0.15) is 0 Å². The largest absolute Gasteiger partial charge is 0.285 e. The summed E-state index contributed by atoms with van der Waals surface area (Å²) in [6.07, 6.45) is 0.457. The van der Waals surface area contributed by atoms with Crippen LogP contribution < -0.4 is 0 Å². The molecule has 1 unspecified atom stereocenters. The summed E-state index contributed by atoms with van der Waals surface area (Å²) in [7, 11) is -3.75. The van der Waals surface area contributed by atoms with Crippen LogP contribution in [0.3, 0.4) is 0 Å². The second-order valence-corrected chi connectivity index (χ2v) is 7.12. The summed E-state index contributed by atoms with van der Waals surface area (Å²) in [4.78, 5) is 0. The van der Waals surface area contributed by atoms with Gasteiger partial charge in [0.2, 0.25) is 0 Å². The molecule has 3 aromatic rings. The summed E-state index contributed by atoms with van der Waals surface area (Å²) in [5, 5.41) is 4.62. The van der Waals surface area contributed by atoms with E-state index in [2.05, 4.69) is 60.7 Å². The molecule has 0 bridgehead atoms. The first-order valence-corrected chi connectivity index (χ1v) is 8.76. The lowest BCUT2D eigenvalue weighted by atomic mass is 10.0. The van der Waals surface area contributed by atoms with Gasteiger partial charge in [-0.3, -0.25) is 4.55 Å². The topological polar surface area (TPSA) is 54.4 Å². The van der Waals surface area contributed by atoms with Gasteiger partial charge in [-0.1, -0.05) is 55.5 Å². The fourth-order valence-electron chi connectivity index (χ4n) is 2.09. The number of hydrogen-bond donors (Lipinski definition) is 1. The molecule has 0 fully saturated rings. The van der Waals surface area contributed by atoms with Gasteiger partial charge in [0, 0.05) is 0 Å². The Labute approximate surface area is 131 Å². The summed E-state index contributed by atoms with van der Waals surface area (Å²) in [6, 6.07) is 21.4. The highest BCUT2D eigenvalue weighted by atomic mass is 32.2. The van der Waals surface area contributed by atoms with Crippen molar-refractivity contribution in [3.63, 3.8) is 0 Å². The molecule has 0 saturated carbocycles. The Hall–Kier alpha value is -1.91. The van der Waals surface area contributed by atoms with Gasteiger partial charge in [-0.25, -0.2) is 0 Å². The minimum absolute atomic E-state index is 0.457. The molecule has 1 N–H and O–H groups in total. The minimum Gasteiger partial charge on any atom is -0.285 e. The Morgan fingerprint density at radius 1 is 0.864 bits per heavy atom. The van der Waals surface area contributed by atoms with Crippen molar-refractivity contribution in [1.29, 1.82) is 0 Å². The van der Waals surface area contributed by atoms with E-state index < -0.39 is 15.4 Å². The van der Waals surface area contributed by atoms with Crippen molar-refractivity contribution in [1.82, 2.24) is 0 Å². The number of rotatable bonds is 2. The van der Waals surface area contributed by atoms with E-state index in [4.69, 9.17) is 4.55 Å². The molecule has 22 heavy (non-hydrogen) atoms. The molecule has 4 heteroatoms. The quantitative estimate of drug-likeness (QED) is 0.552. The van der Waals surface area contributed by atoms with Crippen LogP contribution in [0.5, 0.6) is 0 Å². The van der Waals surface area contributed by atoms with Gasteiger partial charge < -0.3 is 0 Å². The van der Waals surface area contributed by atoms with Crippen LogP contribution in [-0.2, 0) is 10.1 Å². The average Bonchev–Trinajstić information content (AvgIpc) is 2.51. The summed E-state index contributed by atoms with van der Waals surface area (Å²) in [5.74, 6) is 0. The van der Waals surface area contributed by atoms with E-state index in [1.54, 1.807) is 6.92 Å². The molecule has 0 aliphatic heterocycles. The normalized spacial score (nSPS) is 12.7. The number of fused-ring (bicyclic) bond motifs is 2. The van der Waals surface area contributed by atoms with Gasteiger partial charge in [0.05, 0.1) is 5.25 Å². The molecule has 116 valence electrons. The van der Waals surface area contributed by atoms with E-state index in [-0.39, 0.29) is 0 Å². The highest BCUT2D eigenvalue weighted by Crippen LogP contribution is 2.21. The van der Waals surface area contributed by atoms with E-state index >= 15 is 0 Å². The van der Waals surface area contributed by atoms with Crippen molar-refractivity contribution in [2.75, 3.05) is 0 Å². The van der Waals surface area contributed by atoms with Crippen LogP contribution >= 0.6 is 0 Å². The molecule has 0 aliphatic rings. The van der Waals surface area contributed by atoms with Gasteiger partial charge in [-0.05, 0) is 47.0 Å². The van der Waals surface area contributed by atoms with E-state index in [1.807, 2.05) is 0 Å². The third-order valence-electron chi connectivity index (χ3n) is 3.70. The molecule has 0 aromatic heterocycles. The number of hydrogen-bond acceptors (Lipinski definition) is 2. The van der Waals surface area contributed by atoms with Crippen LogP contribution in [0, 0.1) is 0 Å². The Morgan fingerprint density at radius 2 is 1.18 bits per heavy atom. The predicted molar refractivity (Wildman–Crippen MR) is 92.8 cm³/mol. The van der Waals surface area contributed by atoms with E-state index in [0.717, 1.165) is 0 Å². The minimum atomic E-state index is -3.75. The Kier molecular flexibility index (Phi) is 5.16. The molecular formula is C18H20O3S. The molecule has 0 amide bonds. The molecule has 0 aliphatic carbocycles.